The number of hydrogen-bond donors (Lipinski definition) is 1. The summed E-state index contributed by atoms with van der Waals surface area (Å²) in [6.07, 6.45) is 1.00. The van der Waals surface area contributed by atoms with Crippen LogP contribution in [0.5, 0.6) is 0 Å². The summed E-state index contributed by atoms with van der Waals surface area (Å²) in [7, 11) is -2.76. The summed E-state index contributed by atoms with van der Waals surface area (Å²) in [6.45, 7) is 6.43. The molecule has 1 heterocycles. The van der Waals surface area contributed by atoms with Crippen LogP contribution < -0.4 is 5.73 Å². The van der Waals surface area contributed by atoms with E-state index in [4.69, 9.17) is 5.73 Å². The van der Waals surface area contributed by atoms with Crippen LogP contribution in [0.4, 0.5) is 0 Å². The van der Waals surface area contributed by atoms with Gasteiger partial charge in [-0.1, -0.05) is 13.8 Å². The van der Waals surface area contributed by atoms with Crippen molar-refractivity contribution >= 4 is 9.84 Å². The molecule has 15 heavy (non-hydrogen) atoms. The van der Waals surface area contributed by atoms with Gasteiger partial charge in [-0.2, -0.15) is 0 Å². The van der Waals surface area contributed by atoms with E-state index in [2.05, 4.69) is 18.7 Å². The average Bonchev–Trinajstić information content (AvgIpc) is 2.07. The molecule has 0 saturated carbocycles. The van der Waals surface area contributed by atoms with Gasteiger partial charge in [-0.3, -0.25) is 4.90 Å². The molecule has 0 radical (unpaired) electrons. The van der Waals surface area contributed by atoms with Crippen molar-refractivity contribution in [3.63, 3.8) is 0 Å². The molecule has 1 aliphatic rings. The zero-order valence-corrected chi connectivity index (χ0v) is 10.5. The molecule has 1 rings (SSSR count). The van der Waals surface area contributed by atoms with Crippen molar-refractivity contribution in [2.75, 3.05) is 31.1 Å². The normalized spacial score (nSPS) is 24.3. The first-order chi connectivity index (χ1) is 6.89. The zero-order valence-electron chi connectivity index (χ0n) is 9.65. The molecule has 1 saturated heterocycles. The second-order valence-electron chi connectivity index (χ2n) is 4.84. The molecule has 90 valence electrons. The van der Waals surface area contributed by atoms with Gasteiger partial charge in [0.25, 0.3) is 0 Å². The van der Waals surface area contributed by atoms with Crippen molar-refractivity contribution in [2.24, 2.45) is 11.7 Å². The maximum absolute atomic E-state index is 11.2. The van der Waals surface area contributed by atoms with E-state index in [9.17, 15) is 8.42 Å². The zero-order chi connectivity index (χ0) is 11.5. The first kappa shape index (κ1) is 12.9. The van der Waals surface area contributed by atoms with E-state index in [0.29, 0.717) is 30.5 Å². The van der Waals surface area contributed by atoms with Gasteiger partial charge in [-0.05, 0) is 12.3 Å². The minimum absolute atomic E-state index is 0.172. The van der Waals surface area contributed by atoms with Crippen molar-refractivity contribution in [3.05, 3.63) is 0 Å². The molecule has 0 aromatic heterocycles. The SMILES string of the molecule is CC(C)CC(N)CN1CCS(=O)(=O)CC1. The van der Waals surface area contributed by atoms with Crippen LogP contribution in [0.25, 0.3) is 0 Å². The Kier molecular flexibility index (Phi) is 4.55. The maximum Gasteiger partial charge on any atom is 0.152 e. The fourth-order valence-electron chi connectivity index (χ4n) is 1.94. The van der Waals surface area contributed by atoms with E-state index in [0.717, 1.165) is 13.0 Å². The highest BCUT2D eigenvalue weighted by Crippen LogP contribution is 2.08. The number of hydrogen-bond acceptors (Lipinski definition) is 4. The summed E-state index contributed by atoms with van der Waals surface area (Å²) in [6, 6.07) is 0.172. The van der Waals surface area contributed by atoms with Crippen LogP contribution in [-0.2, 0) is 9.84 Å². The lowest BCUT2D eigenvalue weighted by molar-refractivity contribution is 0.263. The van der Waals surface area contributed by atoms with Crippen LogP contribution in [0.15, 0.2) is 0 Å². The molecule has 4 nitrogen and oxygen atoms in total. The van der Waals surface area contributed by atoms with Crippen LogP contribution in [0.3, 0.4) is 0 Å². The third kappa shape index (κ3) is 4.95. The molecule has 0 aromatic rings. The third-order valence-electron chi connectivity index (χ3n) is 2.70. The lowest BCUT2D eigenvalue weighted by atomic mass is 10.0. The summed E-state index contributed by atoms with van der Waals surface area (Å²) in [5.41, 5.74) is 5.98. The highest BCUT2D eigenvalue weighted by Gasteiger charge is 2.22. The highest BCUT2D eigenvalue weighted by molar-refractivity contribution is 7.91. The number of rotatable bonds is 4. The molecular weight excluding hydrogens is 212 g/mol. The van der Waals surface area contributed by atoms with Gasteiger partial charge in [-0.15, -0.1) is 0 Å². The average molecular weight is 234 g/mol. The third-order valence-corrected chi connectivity index (χ3v) is 4.31. The molecule has 0 amide bonds. The smallest absolute Gasteiger partial charge is 0.152 e. The van der Waals surface area contributed by atoms with Gasteiger partial charge in [0.15, 0.2) is 9.84 Å². The number of nitrogens with two attached hydrogens (primary N) is 1. The summed E-state index contributed by atoms with van der Waals surface area (Å²) in [5.74, 6) is 1.19. The molecular formula is C10H22N2O2S. The van der Waals surface area contributed by atoms with Crippen LogP contribution in [0.1, 0.15) is 20.3 Å². The minimum atomic E-state index is -2.76. The molecule has 5 heteroatoms. The molecule has 0 bridgehead atoms. The van der Waals surface area contributed by atoms with Gasteiger partial charge in [0.1, 0.15) is 0 Å². The number of nitrogens with zero attached hydrogens (tertiary/aromatic N) is 1. The van der Waals surface area contributed by atoms with Gasteiger partial charge in [0.2, 0.25) is 0 Å². The predicted octanol–water partition coefficient (Wildman–Crippen LogP) is 0.0902. The number of sulfone groups is 1. The van der Waals surface area contributed by atoms with E-state index < -0.39 is 9.84 Å². The standard InChI is InChI=1S/C10H22N2O2S/c1-9(2)7-10(11)8-12-3-5-15(13,14)6-4-12/h9-10H,3-8,11H2,1-2H3. The van der Waals surface area contributed by atoms with Crippen molar-refractivity contribution in [1.82, 2.24) is 4.90 Å². The molecule has 1 unspecified atom stereocenters. The van der Waals surface area contributed by atoms with Crippen molar-refractivity contribution in [3.8, 4) is 0 Å². The van der Waals surface area contributed by atoms with E-state index in [1.807, 2.05) is 0 Å². The topological polar surface area (TPSA) is 63.4 Å². The first-order valence-electron chi connectivity index (χ1n) is 5.57. The predicted molar refractivity (Wildman–Crippen MR) is 62.5 cm³/mol. The Hall–Kier alpha value is -0.130. The summed E-state index contributed by atoms with van der Waals surface area (Å²) >= 11 is 0. The quantitative estimate of drug-likeness (QED) is 0.749. The van der Waals surface area contributed by atoms with Crippen LogP contribution in [-0.4, -0.2) is 50.5 Å². The highest BCUT2D eigenvalue weighted by atomic mass is 32.2. The maximum atomic E-state index is 11.2. The monoisotopic (exact) mass is 234 g/mol. The molecule has 1 atom stereocenters. The molecule has 0 spiro atoms. The van der Waals surface area contributed by atoms with Crippen molar-refractivity contribution in [2.45, 2.75) is 26.3 Å². The fourth-order valence-corrected chi connectivity index (χ4v) is 3.22. The van der Waals surface area contributed by atoms with Crippen molar-refractivity contribution in [1.29, 1.82) is 0 Å². The Balaban J connectivity index is 2.29. The van der Waals surface area contributed by atoms with E-state index in [-0.39, 0.29) is 6.04 Å². The Morgan fingerprint density at radius 3 is 2.27 bits per heavy atom. The second kappa shape index (κ2) is 5.27. The van der Waals surface area contributed by atoms with E-state index in [1.165, 1.54) is 0 Å². The summed E-state index contributed by atoms with van der Waals surface area (Å²) < 4.78 is 22.4. The minimum Gasteiger partial charge on any atom is -0.327 e. The second-order valence-corrected chi connectivity index (χ2v) is 7.15. The fraction of sp³-hybridized carbons (Fsp3) is 1.00. The molecule has 0 aromatic carbocycles. The van der Waals surface area contributed by atoms with E-state index >= 15 is 0 Å². The van der Waals surface area contributed by atoms with Crippen LogP contribution in [0, 0.1) is 5.92 Å². The van der Waals surface area contributed by atoms with Crippen molar-refractivity contribution < 1.29 is 8.42 Å². The van der Waals surface area contributed by atoms with E-state index in [1.54, 1.807) is 0 Å². The molecule has 1 fully saturated rings. The van der Waals surface area contributed by atoms with Gasteiger partial charge in [0.05, 0.1) is 11.5 Å². The summed E-state index contributed by atoms with van der Waals surface area (Å²) in [5, 5.41) is 0. The Bertz CT molecular complexity index is 274. The Labute approximate surface area is 92.7 Å². The largest absolute Gasteiger partial charge is 0.327 e. The first-order valence-corrected chi connectivity index (χ1v) is 7.39. The van der Waals surface area contributed by atoms with Gasteiger partial charge in [0, 0.05) is 25.7 Å². The van der Waals surface area contributed by atoms with Gasteiger partial charge < -0.3 is 5.73 Å². The van der Waals surface area contributed by atoms with Gasteiger partial charge >= 0.3 is 0 Å². The van der Waals surface area contributed by atoms with Crippen LogP contribution in [0.2, 0.25) is 0 Å². The molecule has 0 aliphatic carbocycles. The van der Waals surface area contributed by atoms with Crippen LogP contribution >= 0.6 is 0 Å². The molecule has 2 N–H and O–H groups in total. The Morgan fingerprint density at radius 2 is 1.80 bits per heavy atom. The summed E-state index contributed by atoms with van der Waals surface area (Å²) in [4.78, 5) is 2.16. The molecule has 1 aliphatic heterocycles. The van der Waals surface area contributed by atoms with Gasteiger partial charge in [-0.25, -0.2) is 8.42 Å². The lowest BCUT2D eigenvalue weighted by Crippen LogP contribution is -2.46. The lowest BCUT2D eigenvalue weighted by Gasteiger charge is -2.29. The Morgan fingerprint density at radius 1 is 1.27 bits per heavy atom.